The summed E-state index contributed by atoms with van der Waals surface area (Å²) in [5.41, 5.74) is 9.18. The second-order valence-electron chi connectivity index (χ2n) is 4.49. The topological polar surface area (TPSA) is 42.2 Å². The Morgan fingerprint density at radius 1 is 1.21 bits per heavy atom. The third-order valence-electron chi connectivity index (χ3n) is 3.18. The highest BCUT2D eigenvalue weighted by atomic mass is 35.5. The molecule has 0 aliphatic heterocycles. The summed E-state index contributed by atoms with van der Waals surface area (Å²) in [7, 11) is 0. The molecule has 100 valence electrons. The number of hydrogen-bond acceptors (Lipinski definition) is 3. The molecule has 1 aromatic heterocycles. The van der Waals surface area contributed by atoms with Gasteiger partial charge in [0.1, 0.15) is 5.15 Å². The van der Waals surface area contributed by atoms with Crippen molar-refractivity contribution < 1.29 is 0 Å². The first-order valence-corrected chi connectivity index (χ1v) is 6.71. The number of aromatic nitrogens is 1. The lowest BCUT2D eigenvalue weighted by Gasteiger charge is -2.24. The lowest BCUT2D eigenvalue weighted by molar-refractivity contribution is 0.811. The van der Waals surface area contributed by atoms with Crippen LogP contribution in [0.15, 0.2) is 36.4 Å². The van der Waals surface area contributed by atoms with Crippen molar-refractivity contribution in [2.75, 3.05) is 17.2 Å². The van der Waals surface area contributed by atoms with Crippen molar-refractivity contribution in [1.29, 1.82) is 0 Å². The first kappa shape index (κ1) is 13.7. The molecule has 4 heteroatoms. The van der Waals surface area contributed by atoms with Gasteiger partial charge < -0.3 is 10.6 Å². The van der Waals surface area contributed by atoms with Crippen molar-refractivity contribution in [3.63, 3.8) is 0 Å². The number of anilines is 2. The van der Waals surface area contributed by atoms with Crippen LogP contribution in [-0.2, 0) is 6.54 Å². The molecule has 2 rings (SSSR count). The molecule has 2 aromatic rings. The molecule has 0 aliphatic carbocycles. The summed E-state index contributed by atoms with van der Waals surface area (Å²) >= 11 is 5.96. The first-order chi connectivity index (χ1) is 9.11. The molecule has 0 saturated heterocycles. The van der Waals surface area contributed by atoms with Crippen LogP contribution in [0.4, 0.5) is 11.5 Å². The van der Waals surface area contributed by atoms with Crippen LogP contribution in [0.25, 0.3) is 0 Å². The molecule has 0 saturated carbocycles. The zero-order chi connectivity index (χ0) is 13.8. The fraction of sp³-hybridized carbons (Fsp3) is 0.267. The Morgan fingerprint density at radius 2 is 1.95 bits per heavy atom. The zero-order valence-corrected chi connectivity index (χ0v) is 12.0. The van der Waals surface area contributed by atoms with E-state index in [1.54, 1.807) is 12.1 Å². The summed E-state index contributed by atoms with van der Waals surface area (Å²) < 4.78 is 0. The third kappa shape index (κ3) is 3.18. The van der Waals surface area contributed by atoms with Gasteiger partial charge in [-0.2, -0.15) is 0 Å². The molecule has 3 nitrogen and oxygen atoms in total. The molecule has 0 bridgehead atoms. The maximum atomic E-state index is 5.99. The van der Waals surface area contributed by atoms with Crippen molar-refractivity contribution in [3.05, 3.63) is 52.7 Å². The second-order valence-corrected chi connectivity index (χ2v) is 4.87. The molecule has 0 unspecified atom stereocenters. The lowest BCUT2D eigenvalue weighted by Crippen LogP contribution is -2.24. The zero-order valence-electron chi connectivity index (χ0n) is 11.2. The first-order valence-electron chi connectivity index (χ1n) is 6.33. The van der Waals surface area contributed by atoms with Gasteiger partial charge in [0.25, 0.3) is 0 Å². The van der Waals surface area contributed by atoms with Crippen LogP contribution >= 0.6 is 11.6 Å². The largest absolute Gasteiger partial charge is 0.396 e. The molecule has 1 heterocycles. The fourth-order valence-electron chi connectivity index (χ4n) is 2.02. The van der Waals surface area contributed by atoms with Gasteiger partial charge in [-0.15, -0.1) is 0 Å². The molecular weight excluding hydrogens is 258 g/mol. The maximum Gasteiger partial charge on any atom is 0.153 e. The van der Waals surface area contributed by atoms with Crippen molar-refractivity contribution in [1.82, 2.24) is 4.98 Å². The van der Waals surface area contributed by atoms with Gasteiger partial charge in [-0.1, -0.05) is 35.9 Å². The quantitative estimate of drug-likeness (QED) is 0.866. The minimum atomic E-state index is 0.465. The van der Waals surface area contributed by atoms with Gasteiger partial charge in [-0.25, -0.2) is 4.98 Å². The molecule has 0 spiro atoms. The van der Waals surface area contributed by atoms with E-state index in [9.17, 15) is 0 Å². The molecule has 2 N–H and O–H groups in total. The molecule has 0 amide bonds. The van der Waals surface area contributed by atoms with Crippen LogP contribution in [0, 0.1) is 6.92 Å². The van der Waals surface area contributed by atoms with E-state index in [1.165, 1.54) is 11.1 Å². The Balaban J connectivity index is 2.30. The molecule has 0 aliphatic rings. The Hall–Kier alpha value is -1.74. The summed E-state index contributed by atoms with van der Waals surface area (Å²) in [5, 5.41) is 0.465. The van der Waals surface area contributed by atoms with Crippen molar-refractivity contribution in [3.8, 4) is 0 Å². The Morgan fingerprint density at radius 3 is 2.63 bits per heavy atom. The summed E-state index contributed by atoms with van der Waals surface area (Å²) in [6.45, 7) is 5.80. The van der Waals surface area contributed by atoms with E-state index >= 15 is 0 Å². The third-order valence-corrected chi connectivity index (χ3v) is 3.39. The summed E-state index contributed by atoms with van der Waals surface area (Å²) in [6, 6.07) is 11.8. The number of nitrogen functional groups attached to an aromatic ring is 1. The molecule has 1 aromatic carbocycles. The number of pyridine rings is 1. The summed E-state index contributed by atoms with van der Waals surface area (Å²) in [6.07, 6.45) is 0. The van der Waals surface area contributed by atoms with Crippen LogP contribution < -0.4 is 10.6 Å². The van der Waals surface area contributed by atoms with Crippen LogP contribution in [0.2, 0.25) is 5.15 Å². The van der Waals surface area contributed by atoms with Gasteiger partial charge in [0, 0.05) is 13.1 Å². The summed E-state index contributed by atoms with van der Waals surface area (Å²) in [5.74, 6) is 0.748. The smallest absolute Gasteiger partial charge is 0.153 e. The predicted octanol–water partition coefficient (Wildman–Crippen LogP) is 3.65. The Kier molecular flexibility index (Phi) is 4.27. The number of aryl methyl sites for hydroxylation is 1. The van der Waals surface area contributed by atoms with E-state index < -0.39 is 0 Å². The number of rotatable bonds is 4. The Bertz CT molecular complexity index is 569. The normalized spacial score (nSPS) is 10.5. The van der Waals surface area contributed by atoms with Gasteiger partial charge in [0.2, 0.25) is 0 Å². The highest BCUT2D eigenvalue weighted by Crippen LogP contribution is 2.24. The highest BCUT2D eigenvalue weighted by molar-refractivity contribution is 6.29. The lowest BCUT2D eigenvalue weighted by atomic mass is 10.1. The van der Waals surface area contributed by atoms with Crippen LogP contribution in [0.5, 0.6) is 0 Å². The number of halogens is 1. The Labute approximate surface area is 119 Å². The minimum absolute atomic E-state index is 0.465. The number of benzene rings is 1. The van der Waals surface area contributed by atoms with Crippen LogP contribution in [-0.4, -0.2) is 11.5 Å². The number of hydrogen-bond donors (Lipinski definition) is 1. The van der Waals surface area contributed by atoms with E-state index in [-0.39, 0.29) is 0 Å². The fourth-order valence-corrected chi connectivity index (χ4v) is 2.16. The van der Waals surface area contributed by atoms with E-state index in [0.717, 1.165) is 18.9 Å². The van der Waals surface area contributed by atoms with Crippen LogP contribution in [0.3, 0.4) is 0 Å². The predicted molar refractivity (Wildman–Crippen MR) is 81.6 cm³/mol. The van der Waals surface area contributed by atoms with E-state index in [2.05, 4.69) is 35.9 Å². The molecule has 0 fully saturated rings. The van der Waals surface area contributed by atoms with Gasteiger partial charge >= 0.3 is 0 Å². The molecule has 0 atom stereocenters. The highest BCUT2D eigenvalue weighted by Gasteiger charge is 2.12. The average Bonchev–Trinajstić information content (AvgIpc) is 2.41. The van der Waals surface area contributed by atoms with E-state index in [0.29, 0.717) is 10.8 Å². The average molecular weight is 276 g/mol. The van der Waals surface area contributed by atoms with E-state index in [4.69, 9.17) is 17.3 Å². The van der Waals surface area contributed by atoms with Gasteiger partial charge in [-0.05, 0) is 37.1 Å². The SMILES string of the molecule is CCN(Cc1ccccc1C)c1nc(Cl)ccc1N. The minimum Gasteiger partial charge on any atom is -0.396 e. The number of nitrogens with two attached hydrogens (primary N) is 1. The number of nitrogens with zero attached hydrogens (tertiary/aromatic N) is 2. The molecule has 0 radical (unpaired) electrons. The standard InChI is InChI=1S/C15H18ClN3/c1-3-19(10-12-7-5-4-6-11(12)2)15-13(17)8-9-14(16)18-15/h4-9H,3,10,17H2,1-2H3. The van der Waals surface area contributed by atoms with Crippen molar-refractivity contribution >= 4 is 23.1 Å². The molecular formula is C15H18ClN3. The summed E-state index contributed by atoms with van der Waals surface area (Å²) in [4.78, 5) is 6.46. The van der Waals surface area contributed by atoms with Crippen LogP contribution in [0.1, 0.15) is 18.1 Å². The van der Waals surface area contributed by atoms with Gasteiger partial charge in [0.05, 0.1) is 5.69 Å². The van der Waals surface area contributed by atoms with Crippen molar-refractivity contribution in [2.45, 2.75) is 20.4 Å². The second kappa shape index (κ2) is 5.93. The van der Waals surface area contributed by atoms with Crippen molar-refractivity contribution in [2.24, 2.45) is 0 Å². The maximum absolute atomic E-state index is 5.99. The van der Waals surface area contributed by atoms with Gasteiger partial charge in [-0.3, -0.25) is 0 Å². The van der Waals surface area contributed by atoms with Gasteiger partial charge in [0.15, 0.2) is 5.82 Å². The monoisotopic (exact) mass is 275 g/mol. The van der Waals surface area contributed by atoms with E-state index in [1.807, 2.05) is 12.1 Å². The molecule has 19 heavy (non-hydrogen) atoms.